The Kier molecular flexibility index (Phi) is 5.79. The molecule has 1 saturated heterocycles. The van der Waals surface area contributed by atoms with Crippen LogP contribution in [0.3, 0.4) is 0 Å². The molecule has 1 fully saturated rings. The van der Waals surface area contributed by atoms with Crippen molar-refractivity contribution in [3.63, 3.8) is 0 Å². The van der Waals surface area contributed by atoms with Crippen LogP contribution in [-0.2, 0) is 4.79 Å². The molecular formula is C20H23FN2O2. The van der Waals surface area contributed by atoms with Crippen LogP contribution in [0.5, 0.6) is 0 Å². The average Bonchev–Trinajstić information content (AvgIpc) is 2.65. The molecule has 2 atom stereocenters. The molecule has 0 spiro atoms. The van der Waals surface area contributed by atoms with Crippen molar-refractivity contribution in [1.29, 1.82) is 0 Å². The second-order valence-electron chi connectivity index (χ2n) is 6.50. The third-order valence-corrected chi connectivity index (χ3v) is 4.65. The molecule has 5 heteroatoms. The van der Waals surface area contributed by atoms with Gasteiger partial charge in [0.25, 0.3) is 0 Å². The highest BCUT2D eigenvalue weighted by Gasteiger charge is 2.31. The number of likely N-dealkylation sites (tertiary alicyclic amines) is 1. The first-order chi connectivity index (χ1) is 12.2. The molecular weight excluding hydrogens is 319 g/mol. The van der Waals surface area contributed by atoms with Gasteiger partial charge in [0.05, 0.1) is 0 Å². The smallest absolute Gasteiger partial charge is 0.246 e. The fourth-order valence-corrected chi connectivity index (χ4v) is 3.39. The van der Waals surface area contributed by atoms with E-state index in [1.54, 1.807) is 12.1 Å². The lowest BCUT2D eigenvalue weighted by molar-refractivity contribution is -0.122. The summed E-state index contributed by atoms with van der Waals surface area (Å²) in [7, 11) is 0. The van der Waals surface area contributed by atoms with Gasteiger partial charge in [0.2, 0.25) is 5.91 Å². The number of anilines is 1. The number of benzene rings is 2. The van der Waals surface area contributed by atoms with Crippen molar-refractivity contribution >= 4 is 11.6 Å². The summed E-state index contributed by atoms with van der Waals surface area (Å²) in [5, 5.41) is 12.4. The van der Waals surface area contributed by atoms with Crippen molar-refractivity contribution in [1.82, 2.24) is 4.90 Å². The number of amides is 1. The number of hydrogen-bond donors (Lipinski definition) is 2. The lowest BCUT2D eigenvalue weighted by Crippen LogP contribution is -2.44. The highest BCUT2D eigenvalue weighted by atomic mass is 19.1. The van der Waals surface area contributed by atoms with Gasteiger partial charge in [-0.3, -0.25) is 9.69 Å². The second-order valence-corrected chi connectivity index (χ2v) is 6.50. The van der Waals surface area contributed by atoms with Gasteiger partial charge in [-0.1, -0.05) is 30.3 Å². The van der Waals surface area contributed by atoms with Gasteiger partial charge in [-0.25, -0.2) is 4.39 Å². The quantitative estimate of drug-likeness (QED) is 0.877. The largest absolute Gasteiger partial charge is 0.396 e. The third-order valence-electron chi connectivity index (χ3n) is 4.65. The van der Waals surface area contributed by atoms with E-state index in [0.29, 0.717) is 12.2 Å². The number of nitrogens with zero attached hydrogens (tertiary/aromatic N) is 1. The van der Waals surface area contributed by atoms with E-state index in [9.17, 15) is 14.3 Å². The molecule has 132 valence electrons. The fraction of sp³-hybridized carbons (Fsp3) is 0.350. The van der Waals surface area contributed by atoms with Crippen LogP contribution in [0.15, 0.2) is 54.6 Å². The summed E-state index contributed by atoms with van der Waals surface area (Å²) in [5.41, 5.74) is 1.49. The lowest BCUT2D eigenvalue weighted by Gasteiger charge is -2.37. The summed E-state index contributed by atoms with van der Waals surface area (Å²) in [5.74, 6) is -0.283. The van der Waals surface area contributed by atoms with E-state index in [-0.39, 0.29) is 24.2 Å². The Morgan fingerprint density at radius 3 is 2.60 bits per heavy atom. The maximum absolute atomic E-state index is 13.1. The molecule has 2 aromatic rings. The molecule has 1 aliphatic heterocycles. The summed E-state index contributed by atoms with van der Waals surface area (Å²) in [4.78, 5) is 15.1. The van der Waals surface area contributed by atoms with Crippen molar-refractivity contribution in [2.24, 2.45) is 5.92 Å². The van der Waals surface area contributed by atoms with Gasteiger partial charge >= 0.3 is 0 Å². The molecule has 1 amide bonds. The van der Waals surface area contributed by atoms with Gasteiger partial charge in [-0.05, 0) is 55.1 Å². The maximum Gasteiger partial charge on any atom is 0.246 e. The minimum absolute atomic E-state index is 0.136. The monoisotopic (exact) mass is 342 g/mol. The standard InChI is InChI=1S/C20H23FN2O2/c21-17-8-10-18(11-9-17)22-20(25)19(16-6-2-1-3-7-16)23-12-4-5-15(13-23)14-24/h1-3,6-11,15,19,24H,4-5,12-14H2,(H,22,25)/t15-,19+/m0/s1. The number of hydrogen-bond acceptors (Lipinski definition) is 3. The normalized spacial score (nSPS) is 19.4. The third kappa shape index (κ3) is 4.44. The highest BCUT2D eigenvalue weighted by molar-refractivity contribution is 5.95. The van der Waals surface area contributed by atoms with Crippen LogP contribution in [0.1, 0.15) is 24.4 Å². The topological polar surface area (TPSA) is 52.6 Å². The summed E-state index contributed by atoms with van der Waals surface area (Å²) in [6.07, 6.45) is 1.94. The Labute approximate surface area is 147 Å². The molecule has 0 aliphatic carbocycles. The number of aliphatic hydroxyl groups excluding tert-OH is 1. The van der Waals surface area contributed by atoms with Crippen LogP contribution in [-0.4, -0.2) is 35.6 Å². The molecule has 3 rings (SSSR count). The first kappa shape index (κ1) is 17.6. The molecule has 4 nitrogen and oxygen atoms in total. The van der Waals surface area contributed by atoms with Crippen LogP contribution < -0.4 is 5.32 Å². The van der Waals surface area contributed by atoms with E-state index in [0.717, 1.165) is 24.9 Å². The predicted molar refractivity (Wildman–Crippen MR) is 95.6 cm³/mol. The minimum atomic E-state index is -0.430. The van der Waals surface area contributed by atoms with Gasteiger partial charge in [-0.15, -0.1) is 0 Å². The van der Waals surface area contributed by atoms with Gasteiger partial charge < -0.3 is 10.4 Å². The van der Waals surface area contributed by atoms with Crippen molar-refractivity contribution in [3.05, 3.63) is 66.0 Å². The number of halogens is 1. The molecule has 1 heterocycles. The number of piperidine rings is 1. The van der Waals surface area contributed by atoms with Crippen LogP contribution >= 0.6 is 0 Å². The van der Waals surface area contributed by atoms with E-state index < -0.39 is 6.04 Å². The molecule has 25 heavy (non-hydrogen) atoms. The zero-order chi connectivity index (χ0) is 17.6. The van der Waals surface area contributed by atoms with Crippen molar-refractivity contribution < 1.29 is 14.3 Å². The van der Waals surface area contributed by atoms with Crippen LogP contribution in [0, 0.1) is 11.7 Å². The van der Waals surface area contributed by atoms with Gasteiger partial charge in [0, 0.05) is 18.8 Å². The summed E-state index contributed by atoms with van der Waals surface area (Å²) >= 11 is 0. The first-order valence-electron chi connectivity index (χ1n) is 8.63. The molecule has 0 radical (unpaired) electrons. The Balaban J connectivity index is 1.83. The highest BCUT2D eigenvalue weighted by Crippen LogP contribution is 2.28. The van der Waals surface area contributed by atoms with Crippen LogP contribution in [0.2, 0.25) is 0 Å². The maximum atomic E-state index is 13.1. The first-order valence-corrected chi connectivity index (χ1v) is 8.63. The van der Waals surface area contributed by atoms with Gasteiger partial charge in [0.1, 0.15) is 11.9 Å². The molecule has 0 saturated carbocycles. The van der Waals surface area contributed by atoms with E-state index in [1.807, 2.05) is 30.3 Å². The van der Waals surface area contributed by atoms with Crippen molar-refractivity contribution in [2.75, 3.05) is 25.0 Å². The zero-order valence-electron chi connectivity index (χ0n) is 14.1. The van der Waals surface area contributed by atoms with E-state index in [1.165, 1.54) is 12.1 Å². The van der Waals surface area contributed by atoms with E-state index in [2.05, 4.69) is 10.2 Å². The Morgan fingerprint density at radius 1 is 1.20 bits per heavy atom. The predicted octanol–water partition coefficient (Wildman–Crippen LogP) is 3.21. The number of nitrogens with one attached hydrogen (secondary N) is 1. The average molecular weight is 342 g/mol. The van der Waals surface area contributed by atoms with E-state index >= 15 is 0 Å². The Morgan fingerprint density at radius 2 is 1.92 bits per heavy atom. The van der Waals surface area contributed by atoms with Gasteiger partial charge in [0.15, 0.2) is 0 Å². The molecule has 0 aromatic heterocycles. The summed E-state index contributed by atoms with van der Waals surface area (Å²) in [6, 6.07) is 15.0. The summed E-state index contributed by atoms with van der Waals surface area (Å²) in [6.45, 7) is 1.64. The van der Waals surface area contributed by atoms with Crippen LogP contribution in [0.25, 0.3) is 0 Å². The Bertz CT molecular complexity index is 691. The second kappa shape index (κ2) is 8.23. The van der Waals surface area contributed by atoms with Crippen molar-refractivity contribution in [2.45, 2.75) is 18.9 Å². The molecule has 1 aliphatic rings. The zero-order valence-corrected chi connectivity index (χ0v) is 14.1. The molecule has 2 N–H and O–H groups in total. The molecule has 2 aromatic carbocycles. The minimum Gasteiger partial charge on any atom is -0.396 e. The fourth-order valence-electron chi connectivity index (χ4n) is 3.39. The number of rotatable bonds is 5. The number of carbonyl (C=O) groups excluding carboxylic acids is 1. The van der Waals surface area contributed by atoms with Gasteiger partial charge in [-0.2, -0.15) is 0 Å². The van der Waals surface area contributed by atoms with E-state index in [4.69, 9.17) is 0 Å². The van der Waals surface area contributed by atoms with Crippen molar-refractivity contribution in [3.8, 4) is 0 Å². The number of carbonyl (C=O) groups is 1. The SMILES string of the molecule is O=C(Nc1ccc(F)cc1)[C@@H](c1ccccc1)N1CCC[C@H](CO)C1. The Hall–Kier alpha value is -2.24. The summed E-state index contributed by atoms with van der Waals surface area (Å²) < 4.78 is 13.1. The van der Waals surface area contributed by atoms with Crippen LogP contribution in [0.4, 0.5) is 10.1 Å². The lowest BCUT2D eigenvalue weighted by atomic mass is 9.95. The molecule has 0 bridgehead atoms. The number of aliphatic hydroxyl groups is 1. The molecule has 0 unspecified atom stereocenters.